The predicted octanol–water partition coefficient (Wildman–Crippen LogP) is 1.84. The van der Waals surface area contributed by atoms with Crippen LogP contribution in [0.3, 0.4) is 0 Å². The molecule has 0 radical (unpaired) electrons. The molecular formula is C15H24N6O. The Balaban J connectivity index is 1.94. The third-order valence-electron chi connectivity index (χ3n) is 3.94. The van der Waals surface area contributed by atoms with Crippen molar-refractivity contribution in [2.75, 3.05) is 0 Å². The molecule has 0 bridgehead atoms. The van der Waals surface area contributed by atoms with Gasteiger partial charge in [0.2, 0.25) is 5.91 Å². The second kappa shape index (κ2) is 7.20. The minimum atomic E-state index is -0.100. The van der Waals surface area contributed by atoms with Crippen molar-refractivity contribution in [1.82, 2.24) is 30.3 Å². The van der Waals surface area contributed by atoms with Gasteiger partial charge in [-0.3, -0.25) is 9.89 Å². The first-order chi connectivity index (χ1) is 10.6. The maximum Gasteiger partial charge on any atom is 0.220 e. The third-order valence-corrected chi connectivity index (χ3v) is 3.94. The molecule has 0 unspecified atom stereocenters. The summed E-state index contributed by atoms with van der Waals surface area (Å²) in [4.78, 5) is 16.5. The Kier molecular flexibility index (Phi) is 5.30. The van der Waals surface area contributed by atoms with Crippen LogP contribution < -0.4 is 5.32 Å². The van der Waals surface area contributed by atoms with Gasteiger partial charge in [-0.25, -0.2) is 9.67 Å². The first-order valence-corrected chi connectivity index (χ1v) is 7.74. The monoisotopic (exact) mass is 304 g/mol. The zero-order valence-corrected chi connectivity index (χ0v) is 13.7. The van der Waals surface area contributed by atoms with E-state index < -0.39 is 0 Å². The van der Waals surface area contributed by atoms with Crippen molar-refractivity contribution in [3.63, 3.8) is 0 Å². The van der Waals surface area contributed by atoms with Crippen LogP contribution in [0.15, 0.2) is 6.33 Å². The first kappa shape index (κ1) is 16.2. The number of aromatic amines is 1. The fourth-order valence-corrected chi connectivity index (χ4v) is 2.41. The van der Waals surface area contributed by atoms with Crippen LogP contribution in [-0.2, 0) is 17.8 Å². The Morgan fingerprint density at radius 2 is 2.18 bits per heavy atom. The number of rotatable bonds is 7. The fourth-order valence-electron chi connectivity index (χ4n) is 2.41. The molecule has 7 heteroatoms. The molecule has 2 N–H and O–H groups in total. The van der Waals surface area contributed by atoms with Crippen LogP contribution in [0.2, 0.25) is 0 Å². The second-order valence-corrected chi connectivity index (χ2v) is 5.38. The summed E-state index contributed by atoms with van der Waals surface area (Å²) in [7, 11) is 0. The number of carbonyl (C=O) groups excluding carboxylic acids is 1. The predicted molar refractivity (Wildman–Crippen MR) is 83.3 cm³/mol. The second-order valence-electron chi connectivity index (χ2n) is 5.38. The topological polar surface area (TPSA) is 88.5 Å². The highest BCUT2D eigenvalue weighted by atomic mass is 16.1. The van der Waals surface area contributed by atoms with Gasteiger partial charge in [0, 0.05) is 25.1 Å². The Morgan fingerprint density at radius 1 is 1.41 bits per heavy atom. The average molecular weight is 304 g/mol. The summed E-state index contributed by atoms with van der Waals surface area (Å²) in [5.74, 6) is 0.822. The summed E-state index contributed by atoms with van der Waals surface area (Å²) in [6.45, 7) is 8.78. The standard InChI is InChI=1S/C15H24N6O/c1-5-12(15-16-9-17-21(15)6-2)18-14(22)8-7-13-10(3)11(4)19-20-13/h9,12H,5-8H2,1-4H3,(H,18,22)(H,19,20)/t12-/m1/s1. The van der Waals surface area contributed by atoms with Gasteiger partial charge >= 0.3 is 0 Å². The Bertz CT molecular complexity index is 630. The molecular weight excluding hydrogens is 280 g/mol. The van der Waals surface area contributed by atoms with E-state index in [1.165, 1.54) is 6.33 Å². The summed E-state index contributed by atoms with van der Waals surface area (Å²) in [5.41, 5.74) is 3.14. The number of aromatic nitrogens is 5. The minimum Gasteiger partial charge on any atom is -0.346 e. The van der Waals surface area contributed by atoms with Crippen molar-refractivity contribution >= 4 is 5.91 Å². The molecule has 1 amide bonds. The quantitative estimate of drug-likeness (QED) is 0.817. The Morgan fingerprint density at radius 3 is 2.77 bits per heavy atom. The van der Waals surface area contributed by atoms with E-state index >= 15 is 0 Å². The Labute approximate surface area is 130 Å². The number of hydrogen-bond acceptors (Lipinski definition) is 4. The lowest BCUT2D eigenvalue weighted by Gasteiger charge is -2.16. The molecule has 0 aliphatic rings. The summed E-state index contributed by atoms with van der Waals surface area (Å²) in [5, 5.41) is 14.4. The van der Waals surface area contributed by atoms with Crippen molar-refractivity contribution in [2.24, 2.45) is 0 Å². The number of amides is 1. The van der Waals surface area contributed by atoms with E-state index in [1.54, 1.807) is 0 Å². The number of aryl methyl sites for hydroxylation is 3. The zero-order chi connectivity index (χ0) is 16.1. The first-order valence-electron chi connectivity index (χ1n) is 7.74. The molecule has 22 heavy (non-hydrogen) atoms. The molecule has 2 aromatic rings. The fraction of sp³-hybridized carbons (Fsp3) is 0.600. The van der Waals surface area contributed by atoms with E-state index in [-0.39, 0.29) is 11.9 Å². The number of nitrogens with one attached hydrogen (secondary N) is 2. The van der Waals surface area contributed by atoms with Crippen molar-refractivity contribution in [3.8, 4) is 0 Å². The molecule has 0 saturated heterocycles. The van der Waals surface area contributed by atoms with Crippen molar-refractivity contribution < 1.29 is 4.79 Å². The van der Waals surface area contributed by atoms with Gasteiger partial charge in [0.05, 0.1) is 11.7 Å². The molecule has 7 nitrogen and oxygen atoms in total. The zero-order valence-electron chi connectivity index (χ0n) is 13.7. The summed E-state index contributed by atoms with van der Waals surface area (Å²) < 4.78 is 1.82. The number of hydrogen-bond donors (Lipinski definition) is 2. The molecule has 2 heterocycles. The van der Waals surface area contributed by atoms with Gasteiger partial charge in [0.25, 0.3) is 0 Å². The lowest BCUT2D eigenvalue weighted by molar-refractivity contribution is -0.121. The van der Waals surface area contributed by atoms with Crippen LogP contribution in [-0.4, -0.2) is 30.9 Å². The maximum absolute atomic E-state index is 12.2. The highest BCUT2D eigenvalue weighted by molar-refractivity contribution is 5.76. The van der Waals surface area contributed by atoms with Crippen molar-refractivity contribution in [3.05, 3.63) is 29.1 Å². The SMILES string of the molecule is CC[C@@H](NC(=O)CCc1n[nH]c(C)c1C)c1ncnn1CC. The summed E-state index contributed by atoms with van der Waals surface area (Å²) >= 11 is 0. The van der Waals surface area contributed by atoms with Gasteiger partial charge < -0.3 is 5.32 Å². The van der Waals surface area contributed by atoms with Gasteiger partial charge in [0.1, 0.15) is 12.2 Å². The van der Waals surface area contributed by atoms with Crippen LogP contribution in [0.25, 0.3) is 0 Å². The van der Waals surface area contributed by atoms with E-state index in [2.05, 4.69) is 25.6 Å². The molecule has 1 atom stereocenters. The average Bonchev–Trinajstić information content (AvgIpc) is 3.11. The number of carbonyl (C=O) groups is 1. The van der Waals surface area contributed by atoms with E-state index in [0.29, 0.717) is 12.8 Å². The van der Waals surface area contributed by atoms with Gasteiger partial charge in [-0.05, 0) is 32.8 Å². The smallest absolute Gasteiger partial charge is 0.220 e. The molecule has 2 aromatic heterocycles. The van der Waals surface area contributed by atoms with E-state index in [9.17, 15) is 4.79 Å². The highest BCUT2D eigenvalue weighted by Crippen LogP contribution is 2.15. The van der Waals surface area contributed by atoms with Crippen molar-refractivity contribution in [1.29, 1.82) is 0 Å². The van der Waals surface area contributed by atoms with Crippen LogP contribution in [0, 0.1) is 13.8 Å². The highest BCUT2D eigenvalue weighted by Gasteiger charge is 2.18. The summed E-state index contributed by atoms with van der Waals surface area (Å²) in [6, 6.07) is -0.100. The number of H-pyrrole nitrogens is 1. The van der Waals surface area contributed by atoms with Crippen LogP contribution >= 0.6 is 0 Å². The van der Waals surface area contributed by atoms with E-state index in [1.807, 2.05) is 32.4 Å². The molecule has 0 aliphatic carbocycles. The molecule has 0 spiro atoms. The molecule has 2 rings (SSSR count). The van der Waals surface area contributed by atoms with Gasteiger partial charge in [-0.1, -0.05) is 6.92 Å². The van der Waals surface area contributed by atoms with E-state index in [4.69, 9.17) is 0 Å². The van der Waals surface area contributed by atoms with Crippen LogP contribution in [0.1, 0.15) is 55.5 Å². The third kappa shape index (κ3) is 3.52. The normalized spacial score (nSPS) is 12.4. The molecule has 0 fully saturated rings. The lowest BCUT2D eigenvalue weighted by Crippen LogP contribution is -2.30. The molecule has 0 saturated carbocycles. The van der Waals surface area contributed by atoms with Gasteiger partial charge in [-0.15, -0.1) is 0 Å². The summed E-state index contributed by atoms with van der Waals surface area (Å²) in [6.07, 6.45) is 3.37. The molecule has 0 aliphatic heterocycles. The van der Waals surface area contributed by atoms with Gasteiger partial charge in [0.15, 0.2) is 0 Å². The maximum atomic E-state index is 12.2. The van der Waals surface area contributed by atoms with Gasteiger partial charge in [-0.2, -0.15) is 10.2 Å². The number of nitrogens with zero attached hydrogens (tertiary/aromatic N) is 4. The largest absolute Gasteiger partial charge is 0.346 e. The lowest BCUT2D eigenvalue weighted by atomic mass is 10.1. The van der Waals surface area contributed by atoms with Crippen LogP contribution in [0.5, 0.6) is 0 Å². The van der Waals surface area contributed by atoms with E-state index in [0.717, 1.165) is 35.7 Å². The Hall–Kier alpha value is -2.18. The van der Waals surface area contributed by atoms with Crippen molar-refractivity contribution in [2.45, 2.75) is 59.5 Å². The molecule has 120 valence electrons. The van der Waals surface area contributed by atoms with Crippen LogP contribution in [0.4, 0.5) is 0 Å². The molecule has 0 aromatic carbocycles. The minimum absolute atomic E-state index is 0.0116.